The Hall–Kier alpha value is -5.55. The Morgan fingerprint density at radius 2 is 1.79 bits per heavy atom. The van der Waals surface area contributed by atoms with Crippen LogP contribution in [0.1, 0.15) is 22.5 Å². The van der Waals surface area contributed by atoms with E-state index in [-0.39, 0.29) is 0 Å². The molecule has 0 atom stereocenters. The van der Waals surface area contributed by atoms with Crippen molar-refractivity contribution in [2.75, 3.05) is 21.2 Å². The number of methoxy groups -OCH3 is 1. The number of pyridine rings is 4. The fraction of sp³-hybridized carbons (Fsp3) is 0.147. The molecule has 0 aliphatic carbocycles. The lowest BCUT2D eigenvalue weighted by molar-refractivity contribution is 0.399. The third kappa shape index (κ3) is 5.28. The van der Waals surface area contributed by atoms with Gasteiger partial charge in [-0.15, -0.1) is 0 Å². The van der Waals surface area contributed by atoms with E-state index in [0.29, 0.717) is 17.4 Å². The number of rotatable bonds is 5. The topological polar surface area (TPSA) is 80.8 Å². The third-order valence-corrected chi connectivity index (χ3v) is 6.71. The number of hydrogen-bond donors (Lipinski definition) is 0. The zero-order valence-electron chi connectivity index (χ0n) is 24.1. The van der Waals surface area contributed by atoms with Crippen molar-refractivity contribution < 1.29 is 4.74 Å². The lowest BCUT2D eigenvalue weighted by atomic mass is 10.0. The van der Waals surface area contributed by atoms with Crippen LogP contribution >= 0.6 is 0 Å². The maximum absolute atomic E-state index is 5.63. The minimum Gasteiger partial charge on any atom is -0.481 e. The molecule has 0 aliphatic rings. The maximum Gasteiger partial charge on any atom is 0.222 e. The second-order valence-corrected chi connectivity index (χ2v) is 10.2. The summed E-state index contributed by atoms with van der Waals surface area (Å²) in [6.07, 6.45) is 5.45. The fourth-order valence-corrected chi connectivity index (χ4v) is 4.74. The quantitative estimate of drug-likeness (QED) is 0.143. The van der Waals surface area contributed by atoms with E-state index in [1.54, 1.807) is 19.6 Å². The van der Waals surface area contributed by atoms with Crippen LogP contribution in [0.15, 0.2) is 84.1 Å². The van der Waals surface area contributed by atoms with Crippen LogP contribution in [-0.2, 0) is 0 Å². The molecule has 0 amide bonds. The van der Waals surface area contributed by atoms with Gasteiger partial charge < -0.3 is 9.64 Å². The lowest BCUT2D eigenvalue weighted by Gasteiger charge is -2.11. The zero-order valence-corrected chi connectivity index (χ0v) is 24.1. The van der Waals surface area contributed by atoms with Crippen LogP contribution in [-0.4, -0.2) is 56.8 Å². The minimum absolute atomic E-state index is 0.492. The predicted octanol–water partition coefficient (Wildman–Crippen LogP) is 6.25. The normalized spacial score (nSPS) is 11.2. The van der Waals surface area contributed by atoms with Gasteiger partial charge in [0.15, 0.2) is 5.82 Å². The molecule has 8 nitrogen and oxygen atoms in total. The van der Waals surface area contributed by atoms with Crippen molar-refractivity contribution in [1.82, 2.24) is 29.2 Å². The number of hydrogen-bond acceptors (Lipinski definition) is 6. The van der Waals surface area contributed by atoms with Gasteiger partial charge in [0.1, 0.15) is 17.0 Å². The molecule has 6 rings (SSSR count). The summed E-state index contributed by atoms with van der Waals surface area (Å²) in [5.74, 6) is 7.73. The molecule has 1 aromatic carbocycles. The monoisotopic (exact) mass is 551 g/mol. The number of fused-ring (bicyclic) bond motifs is 2. The number of imidazole rings is 1. The molecule has 42 heavy (non-hydrogen) atoms. The van der Waals surface area contributed by atoms with Crippen molar-refractivity contribution in [2.45, 2.75) is 13.8 Å². The highest BCUT2D eigenvalue weighted by Gasteiger charge is 2.22. The van der Waals surface area contributed by atoms with Crippen LogP contribution in [0.5, 0.6) is 5.88 Å². The minimum atomic E-state index is 0.492. The number of ether oxygens (including phenoxy) is 1. The highest BCUT2D eigenvalue weighted by atomic mass is 16.5. The van der Waals surface area contributed by atoms with Gasteiger partial charge >= 0.3 is 0 Å². The van der Waals surface area contributed by atoms with E-state index in [9.17, 15) is 0 Å². The zero-order chi connectivity index (χ0) is 29.2. The van der Waals surface area contributed by atoms with Crippen molar-refractivity contribution in [3.05, 3.63) is 102 Å². The van der Waals surface area contributed by atoms with Crippen LogP contribution < -0.4 is 4.74 Å². The molecular formula is C34H29N7O. The van der Waals surface area contributed by atoms with Crippen LogP contribution in [0.25, 0.3) is 39.1 Å². The van der Waals surface area contributed by atoms with Crippen LogP contribution in [0.4, 0.5) is 5.82 Å². The second kappa shape index (κ2) is 11.1. The number of aliphatic imine (C=N–C) groups is 1. The summed E-state index contributed by atoms with van der Waals surface area (Å²) in [4.78, 5) is 25.4. The molecule has 6 aromatic rings. The number of nitrogens with zero attached hydrogens (tertiary/aromatic N) is 7. The Bertz CT molecular complexity index is 2050. The number of benzene rings is 1. The first kappa shape index (κ1) is 26.7. The van der Waals surface area contributed by atoms with Gasteiger partial charge in [0.05, 0.1) is 30.2 Å². The van der Waals surface area contributed by atoms with Crippen LogP contribution in [0.2, 0.25) is 0 Å². The van der Waals surface area contributed by atoms with Gasteiger partial charge in [-0.1, -0.05) is 12.0 Å². The molecule has 0 unspecified atom stereocenters. The van der Waals surface area contributed by atoms with Crippen molar-refractivity contribution in [1.29, 1.82) is 0 Å². The van der Waals surface area contributed by atoms with Gasteiger partial charge in [-0.2, -0.15) is 0 Å². The Kier molecular flexibility index (Phi) is 7.07. The highest BCUT2D eigenvalue weighted by Crippen LogP contribution is 2.38. The summed E-state index contributed by atoms with van der Waals surface area (Å²) in [7, 11) is 5.45. The van der Waals surface area contributed by atoms with E-state index >= 15 is 0 Å². The Morgan fingerprint density at radius 3 is 2.62 bits per heavy atom. The Balaban J connectivity index is 1.58. The van der Waals surface area contributed by atoms with Crippen molar-refractivity contribution >= 4 is 28.7 Å². The average molecular weight is 552 g/mol. The van der Waals surface area contributed by atoms with Crippen LogP contribution in [0.3, 0.4) is 0 Å². The summed E-state index contributed by atoms with van der Waals surface area (Å²) >= 11 is 0. The molecule has 5 aromatic heterocycles. The van der Waals surface area contributed by atoms with E-state index in [1.807, 2.05) is 80.6 Å². The summed E-state index contributed by atoms with van der Waals surface area (Å²) in [5.41, 5.74) is 8.45. The predicted molar refractivity (Wildman–Crippen MR) is 167 cm³/mol. The lowest BCUT2D eigenvalue weighted by Crippen LogP contribution is -2.07. The standard InChI is InChI=1S/C34H29N7O/c1-22-16-18-41-31(19-22)39-32(27-7-6-17-35-34(27)42-5)33(41)26-12-15-30(36-21-40(3)4)38-29(26)14-10-24-9-13-28-25(20-24)11-8-23(2)37-28/h6-9,11-13,15-21H,1-5H3. The van der Waals surface area contributed by atoms with E-state index < -0.39 is 0 Å². The van der Waals surface area contributed by atoms with Crippen molar-refractivity contribution in [3.8, 4) is 40.2 Å². The summed E-state index contributed by atoms with van der Waals surface area (Å²) in [6.45, 7) is 4.04. The third-order valence-electron chi connectivity index (χ3n) is 6.71. The van der Waals surface area contributed by atoms with E-state index in [2.05, 4.69) is 56.3 Å². The molecule has 5 heterocycles. The smallest absolute Gasteiger partial charge is 0.222 e. The molecular weight excluding hydrogens is 522 g/mol. The summed E-state index contributed by atoms with van der Waals surface area (Å²) < 4.78 is 7.69. The second-order valence-electron chi connectivity index (χ2n) is 10.2. The van der Waals surface area contributed by atoms with Crippen molar-refractivity contribution in [3.63, 3.8) is 0 Å². The molecule has 0 spiro atoms. The average Bonchev–Trinajstić information content (AvgIpc) is 3.37. The SMILES string of the molecule is COc1ncccc1-c1nc2cc(C)ccn2c1-c1ccc(N=CN(C)C)nc1C#Cc1ccc2nc(C)ccc2c1. The Labute approximate surface area is 244 Å². The van der Waals surface area contributed by atoms with Gasteiger partial charge in [0.2, 0.25) is 5.88 Å². The van der Waals surface area contributed by atoms with Gasteiger partial charge in [-0.25, -0.2) is 19.9 Å². The largest absolute Gasteiger partial charge is 0.481 e. The molecule has 206 valence electrons. The van der Waals surface area contributed by atoms with Crippen LogP contribution in [0, 0.1) is 25.7 Å². The first-order chi connectivity index (χ1) is 20.4. The number of aromatic nitrogens is 5. The molecule has 0 fully saturated rings. The van der Waals surface area contributed by atoms with E-state index in [4.69, 9.17) is 14.7 Å². The molecule has 0 N–H and O–H groups in total. The maximum atomic E-state index is 5.63. The molecule has 0 aliphatic heterocycles. The van der Waals surface area contributed by atoms with Gasteiger partial charge in [-0.3, -0.25) is 9.38 Å². The molecule has 0 bridgehead atoms. The number of aryl methyl sites for hydroxylation is 2. The van der Waals surface area contributed by atoms with Gasteiger partial charge in [0.25, 0.3) is 0 Å². The summed E-state index contributed by atoms with van der Waals surface area (Å²) in [5, 5.41) is 1.04. The molecule has 0 radical (unpaired) electrons. The van der Waals surface area contributed by atoms with Crippen molar-refractivity contribution in [2.24, 2.45) is 4.99 Å². The first-order valence-electron chi connectivity index (χ1n) is 13.5. The van der Waals surface area contributed by atoms with Gasteiger partial charge in [-0.05, 0) is 86.0 Å². The summed E-state index contributed by atoms with van der Waals surface area (Å²) in [6, 6.07) is 21.9. The Morgan fingerprint density at radius 1 is 0.905 bits per heavy atom. The van der Waals surface area contributed by atoms with E-state index in [1.165, 1.54) is 0 Å². The molecule has 8 heteroatoms. The first-order valence-corrected chi connectivity index (χ1v) is 13.5. The molecule has 0 saturated carbocycles. The van der Waals surface area contributed by atoms with E-state index in [0.717, 1.165) is 55.9 Å². The highest BCUT2D eigenvalue weighted by molar-refractivity contribution is 5.86. The molecule has 0 saturated heterocycles. The fourth-order valence-electron chi connectivity index (χ4n) is 4.74. The van der Waals surface area contributed by atoms with Gasteiger partial charge in [0, 0.05) is 48.7 Å².